The summed E-state index contributed by atoms with van der Waals surface area (Å²) in [5.41, 5.74) is 0.460. The number of amides is 3. The fourth-order valence-electron chi connectivity index (χ4n) is 5.52. The summed E-state index contributed by atoms with van der Waals surface area (Å²) in [7, 11) is 1.45. The maximum Gasteiger partial charge on any atom is 0.291 e. The summed E-state index contributed by atoms with van der Waals surface area (Å²) in [4.78, 5) is 44.5. The molecule has 0 spiro atoms. The van der Waals surface area contributed by atoms with Crippen LogP contribution in [0.15, 0.2) is 36.5 Å². The third-order valence-corrected chi connectivity index (χ3v) is 8.37. The summed E-state index contributed by atoms with van der Waals surface area (Å²) in [6.45, 7) is 2.09. The third-order valence-electron chi connectivity index (χ3n) is 8.06. The molecule has 2 aromatic carbocycles. The smallest absolute Gasteiger partial charge is 0.291 e. The first kappa shape index (κ1) is 31.3. The van der Waals surface area contributed by atoms with Gasteiger partial charge in [0.05, 0.1) is 22.5 Å². The monoisotopic (exact) mass is 632 g/mol. The van der Waals surface area contributed by atoms with Crippen molar-refractivity contribution in [3.63, 3.8) is 0 Å². The van der Waals surface area contributed by atoms with E-state index < -0.39 is 30.2 Å². The highest BCUT2D eigenvalue weighted by Crippen LogP contribution is 2.31. The molecule has 0 aliphatic carbocycles. The van der Waals surface area contributed by atoms with Gasteiger partial charge in [0, 0.05) is 43.9 Å². The molecule has 0 radical (unpaired) electrons. The minimum Gasteiger partial charge on any atom is -0.460 e. The number of carbonyl (C=O) groups is 3. The van der Waals surface area contributed by atoms with Crippen molar-refractivity contribution in [1.29, 1.82) is 0 Å². The SMILES string of the molecule is Cn1c(-c2ccc(OCF)c(F)c2F)cnc1C(=O)Nc1ccc(C(=O)N2CCC(C(=O)NCC3CCNC3)CC2)c(Cl)c1. The van der Waals surface area contributed by atoms with Gasteiger partial charge in [-0.15, -0.1) is 0 Å². The number of imidazole rings is 1. The summed E-state index contributed by atoms with van der Waals surface area (Å²) in [6.07, 6.45) is 3.38. The van der Waals surface area contributed by atoms with Crippen molar-refractivity contribution in [2.24, 2.45) is 18.9 Å². The number of piperidine rings is 1. The van der Waals surface area contributed by atoms with Gasteiger partial charge in [-0.3, -0.25) is 14.4 Å². The highest BCUT2D eigenvalue weighted by molar-refractivity contribution is 6.34. The lowest BCUT2D eigenvalue weighted by Gasteiger charge is -2.31. The van der Waals surface area contributed by atoms with E-state index >= 15 is 0 Å². The number of alkyl halides is 1. The molecule has 44 heavy (non-hydrogen) atoms. The van der Waals surface area contributed by atoms with Crippen LogP contribution < -0.4 is 20.7 Å². The van der Waals surface area contributed by atoms with Crippen molar-refractivity contribution in [1.82, 2.24) is 25.1 Å². The van der Waals surface area contributed by atoms with Gasteiger partial charge in [-0.2, -0.15) is 4.39 Å². The van der Waals surface area contributed by atoms with Gasteiger partial charge < -0.3 is 30.2 Å². The largest absolute Gasteiger partial charge is 0.460 e. The first-order valence-electron chi connectivity index (χ1n) is 14.2. The molecule has 10 nitrogen and oxygen atoms in total. The van der Waals surface area contributed by atoms with E-state index in [2.05, 4.69) is 25.7 Å². The Morgan fingerprint density at radius 2 is 1.89 bits per heavy atom. The predicted molar refractivity (Wildman–Crippen MR) is 157 cm³/mol. The van der Waals surface area contributed by atoms with Crippen molar-refractivity contribution in [3.8, 4) is 17.0 Å². The molecule has 14 heteroatoms. The van der Waals surface area contributed by atoms with E-state index in [0.717, 1.165) is 25.6 Å². The number of rotatable bonds is 9. The van der Waals surface area contributed by atoms with E-state index in [0.29, 0.717) is 44.1 Å². The van der Waals surface area contributed by atoms with Gasteiger partial charge in [-0.05, 0) is 68.6 Å². The average molecular weight is 633 g/mol. The van der Waals surface area contributed by atoms with Gasteiger partial charge in [-0.1, -0.05) is 11.6 Å². The maximum absolute atomic E-state index is 14.6. The summed E-state index contributed by atoms with van der Waals surface area (Å²) in [5, 5.41) is 9.11. The lowest BCUT2D eigenvalue weighted by atomic mass is 9.95. The van der Waals surface area contributed by atoms with Gasteiger partial charge in [0.25, 0.3) is 11.8 Å². The number of likely N-dealkylation sites (tertiary alicyclic amines) is 1. The van der Waals surface area contributed by atoms with Crippen LogP contribution in [0.5, 0.6) is 5.75 Å². The number of halogens is 4. The second-order valence-corrected chi connectivity index (χ2v) is 11.2. The Balaban J connectivity index is 1.19. The van der Waals surface area contributed by atoms with E-state index in [1.54, 1.807) is 4.90 Å². The van der Waals surface area contributed by atoms with E-state index in [1.807, 2.05) is 0 Å². The van der Waals surface area contributed by atoms with Gasteiger partial charge in [0.1, 0.15) is 0 Å². The Bertz CT molecular complexity index is 1550. The normalized spacial score (nSPS) is 17.0. The first-order valence-corrected chi connectivity index (χ1v) is 14.6. The van der Waals surface area contributed by atoms with E-state index in [1.165, 1.54) is 42.1 Å². The Morgan fingerprint density at radius 1 is 1.11 bits per heavy atom. The molecule has 3 aromatic rings. The molecular formula is C30H32ClF3N6O4. The summed E-state index contributed by atoms with van der Waals surface area (Å²) >= 11 is 6.44. The fraction of sp³-hybridized carbons (Fsp3) is 0.400. The Labute approximate surface area is 256 Å². The van der Waals surface area contributed by atoms with Gasteiger partial charge in [0.2, 0.25) is 18.6 Å². The molecule has 2 aliphatic heterocycles. The average Bonchev–Trinajstić information content (AvgIpc) is 3.68. The number of carbonyl (C=O) groups excluding carboxylic acids is 3. The second kappa shape index (κ2) is 13.7. The van der Waals surface area contributed by atoms with E-state index in [-0.39, 0.29) is 45.4 Å². The number of nitrogens with zero attached hydrogens (tertiary/aromatic N) is 3. The molecule has 3 heterocycles. The van der Waals surface area contributed by atoms with Crippen LogP contribution in [0.3, 0.4) is 0 Å². The van der Waals surface area contributed by atoms with Crippen molar-refractivity contribution in [3.05, 3.63) is 64.6 Å². The lowest BCUT2D eigenvalue weighted by molar-refractivity contribution is -0.126. The highest BCUT2D eigenvalue weighted by atomic mass is 35.5. The Hall–Kier alpha value is -4.10. The molecule has 0 bridgehead atoms. The minimum atomic E-state index is -1.36. The van der Waals surface area contributed by atoms with Crippen LogP contribution in [0.2, 0.25) is 5.02 Å². The molecule has 234 valence electrons. The third kappa shape index (κ3) is 6.68. The van der Waals surface area contributed by atoms with Crippen LogP contribution in [0, 0.1) is 23.5 Å². The first-order chi connectivity index (χ1) is 21.2. The molecule has 3 amide bonds. The number of nitrogens with one attached hydrogen (secondary N) is 3. The van der Waals surface area contributed by atoms with Crippen LogP contribution in [0.1, 0.15) is 40.2 Å². The molecule has 1 aromatic heterocycles. The zero-order valence-electron chi connectivity index (χ0n) is 24.0. The molecule has 0 saturated carbocycles. The maximum atomic E-state index is 14.6. The van der Waals surface area contributed by atoms with Crippen LogP contribution >= 0.6 is 11.6 Å². The Kier molecular flexibility index (Phi) is 9.74. The van der Waals surface area contributed by atoms with Crippen molar-refractivity contribution >= 4 is 35.0 Å². The molecule has 2 saturated heterocycles. The zero-order valence-corrected chi connectivity index (χ0v) is 24.7. The Morgan fingerprint density at radius 3 is 2.57 bits per heavy atom. The lowest BCUT2D eigenvalue weighted by Crippen LogP contribution is -2.44. The van der Waals surface area contributed by atoms with Crippen LogP contribution in [0.25, 0.3) is 11.3 Å². The molecule has 2 fully saturated rings. The highest BCUT2D eigenvalue weighted by Gasteiger charge is 2.29. The molecular weight excluding hydrogens is 601 g/mol. The summed E-state index contributed by atoms with van der Waals surface area (Å²) in [5.74, 6) is -3.90. The number of anilines is 1. The molecule has 1 atom stereocenters. The number of ether oxygens (including phenoxy) is 1. The fourth-order valence-corrected chi connectivity index (χ4v) is 5.78. The van der Waals surface area contributed by atoms with E-state index in [9.17, 15) is 27.6 Å². The van der Waals surface area contributed by atoms with Crippen LogP contribution in [-0.2, 0) is 11.8 Å². The topological polar surface area (TPSA) is 118 Å². The minimum absolute atomic E-state index is 0.0281. The van der Waals surface area contributed by atoms with Crippen molar-refractivity contribution in [2.75, 3.05) is 44.9 Å². The van der Waals surface area contributed by atoms with Crippen LogP contribution in [0.4, 0.5) is 18.9 Å². The molecule has 5 rings (SSSR count). The molecule has 2 aliphatic rings. The van der Waals surface area contributed by atoms with Crippen molar-refractivity contribution < 1.29 is 32.3 Å². The van der Waals surface area contributed by atoms with E-state index in [4.69, 9.17) is 11.6 Å². The second-order valence-electron chi connectivity index (χ2n) is 10.8. The molecule has 1 unspecified atom stereocenters. The summed E-state index contributed by atoms with van der Waals surface area (Å²) < 4.78 is 47.0. The zero-order chi connectivity index (χ0) is 31.4. The quantitative estimate of drug-likeness (QED) is 0.326. The van der Waals surface area contributed by atoms with Gasteiger partial charge in [0.15, 0.2) is 17.4 Å². The van der Waals surface area contributed by atoms with Crippen molar-refractivity contribution in [2.45, 2.75) is 19.3 Å². The number of benzene rings is 2. The predicted octanol–water partition coefficient (Wildman–Crippen LogP) is 4.15. The number of hydrogen-bond donors (Lipinski definition) is 3. The van der Waals surface area contributed by atoms with Gasteiger partial charge >= 0.3 is 0 Å². The van der Waals surface area contributed by atoms with Gasteiger partial charge in [-0.25, -0.2) is 13.8 Å². The number of aromatic nitrogens is 2. The standard InChI is InChI=1S/C30H32ClF3N6O4/c1-39-23(21-4-5-24(44-16-32)26(34)25(21)33)15-36-27(39)29(42)38-19-2-3-20(22(31)12-19)30(43)40-10-7-18(8-11-40)28(41)37-14-17-6-9-35-13-17/h2-5,12,15,17-18,35H,6-11,13-14,16H2,1H3,(H,37,41)(H,38,42). The van der Waals surface area contributed by atoms with Crippen LogP contribution in [-0.4, -0.2) is 71.8 Å². The number of hydrogen-bond acceptors (Lipinski definition) is 6. The molecule has 3 N–H and O–H groups in total. The summed E-state index contributed by atoms with van der Waals surface area (Å²) in [6, 6.07) is 6.76.